The van der Waals surface area contributed by atoms with Crippen LogP contribution in [0.3, 0.4) is 0 Å². The fraction of sp³-hybridized carbons (Fsp3) is 0.125. The number of imidazole rings is 1. The molecule has 0 atom stereocenters. The van der Waals surface area contributed by atoms with E-state index >= 15 is 0 Å². The Morgan fingerprint density at radius 2 is 1.87 bits per heavy atom. The zero-order chi connectivity index (χ0) is 20.9. The van der Waals surface area contributed by atoms with E-state index in [0.29, 0.717) is 24.3 Å². The van der Waals surface area contributed by atoms with E-state index in [1.807, 2.05) is 55.0 Å². The zero-order valence-corrected chi connectivity index (χ0v) is 16.5. The molecule has 2 aromatic carbocycles. The zero-order valence-electron chi connectivity index (χ0n) is 16.5. The van der Waals surface area contributed by atoms with Gasteiger partial charge < -0.3 is 9.30 Å². The van der Waals surface area contributed by atoms with E-state index in [2.05, 4.69) is 15.6 Å². The Morgan fingerprint density at radius 1 is 1.07 bits per heavy atom. The highest BCUT2D eigenvalue weighted by Crippen LogP contribution is 2.21. The van der Waals surface area contributed by atoms with Gasteiger partial charge in [0.2, 0.25) is 0 Å². The molecule has 0 spiro atoms. The Labute approximate surface area is 174 Å². The number of ether oxygens (including phenoxy) is 1. The maximum Gasteiger partial charge on any atom is 0.255 e. The molecule has 4 rings (SSSR count). The Balaban J connectivity index is 1.52. The van der Waals surface area contributed by atoms with E-state index in [9.17, 15) is 4.79 Å². The number of benzene rings is 2. The average Bonchev–Trinajstić information content (AvgIpc) is 3.21. The van der Waals surface area contributed by atoms with E-state index in [1.54, 1.807) is 36.1 Å². The number of hydrogen-bond donors (Lipinski definition) is 0. The second-order valence-corrected chi connectivity index (χ2v) is 6.91. The second kappa shape index (κ2) is 8.50. The van der Waals surface area contributed by atoms with Gasteiger partial charge in [0.1, 0.15) is 11.8 Å². The maximum atomic E-state index is 12.0. The number of methoxy groups -OCH3 is 1. The molecule has 0 N–H and O–H groups in total. The van der Waals surface area contributed by atoms with Crippen LogP contribution >= 0.6 is 0 Å². The molecule has 0 aliphatic carbocycles. The summed E-state index contributed by atoms with van der Waals surface area (Å²) >= 11 is 0. The van der Waals surface area contributed by atoms with Crippen LogP contribution in [-0.4, -0.2) is 21.2 Å². The largest absolute Gasteiger partial charge is 0.495 e. The van der Waals surface area contributed by atoms with Crippen LogP contribution in [0.2, 0.25) is 0 Å². The van der Waals surface area contributed by atoms with Crippen molar-refractivity contribution in [3.63, 3.8) is 0 Å². The van der Waals surface area contributed by atoms with Gasteiger partial charge >= 0.3 is 0 Å². The summed E-state index contributed by atoms with van der Waals surface area (Å²) in [5, 5.41) is 9.15. The molecule has 0 bridgehead atoms. The van der Waals surface area contributed by atoms with Crippen molar-refractivity contribution >= 4 is 0 Å². The third kappa shape index (κ3) is 4.01. The number of nitrogens with zero attached hydrogens (tertiary/aromatic N) is 4. The molecular formula is C24H20N4O2. The highest BCUT2D eigenvalue weighted by Gasteiger charge is 2.08. The van der Waals surface area contributed by atoms with Gasteiger partial charge in [0.25, 0.3) is 5.56 Å². The van der Waals surface area contributed by atoms with Gasteiger partial charge in [0, 0.05) is 42.8 Å². The van der Waals surface area contributed by atoms with Gasteiger partial charge in [-0.05, 0) is 41.5 Å². The summed E-state index contributed by atoms with van der Waals surface area (Å²) in [5.74, 6) is 0.577. The van der Waals surface area contributed by atoms with Crippen LogP contribution in [0.5, 0.6) is 5.75 Å². The molecular weight excluding hydrogens is 376 g/mol. The van der Waals surface area contributed by atoms with E-state index in [1.165, 1.54) is 0 Å². The van der Waals surface area contributed by atoms with Crippen molar-refractivity contribution in [2.75, 3.05) is 7.11 Å². The SMILES string of the molecule is COc1cc(Cc2cncn2Cc2ccc(-n3ccccc3=O)cc2)ccc1C#N. The van der Waals surface area contributed by atoms with Crippen molar-refractivity contribution in [2.24, 2.45) is 0 Å². The first-order chi connectivity index (χ1) is 14.7. The van der Waals surface area contributed by atoms with Gasteiger partial charge in [0.15, 0.2) is 0 Å². The molecule has 0 aliphatic rings. The molecule has 0 aliphatic heterocycles. The number of hydrogen-bond acceptors (Lipinski definition) is 4. The Kier molecular flexibility index (Phi) is 5.44. The topological polar surface area (TPSA) is 72.8 Å². The van der Waals surface area contributed by atoms with Crippen molar-refractivity contribution in [3.05, 3.63) is 112 Å². The molecule has 0 saturated heterocycles. The molecule has 0 amide bonds. The Hall–Kier alpha value is -4.11. The van der Waals surface area contributed by atoms with Crippen molar-refractivity contribution in [1.29, 1.82) is 5.26 Å². The van der Waals surface area contributed by atoms with E-state index < -0.39 is 0 Å². The van der Waals surface area contributed by atoms with Gasteiger partial charge in [-0.25, -0.2) is 4.98 Å². The van der Waals surface area contributed by atoms with E-state index in [0.717, 1.165) is 22.5 Å². The quantitative estimate of drug-likeness (QED) is 0.500. The molecule has 0 fully saturated rings. The molecule has 30 heavy (non-hydrogen) atoms. The summed E-state index contributed by atoms with van der Waals surface area (Å²) in [5.41, 5.74) is 4.52. The first kappa shape index (κ1) is 19.2. The van der Waals surface area contributed by atoms with Crippen LogP contribution < -0.4 is 10.3 Å². The lowest BCUT2D eigenvalue weighted by Gasteiger charge is -2.11. The summed E-state index contributed by atoms with van der Waals surface area (Å²) in [7, 11) is 1.57. The first-order valence-electron chi connectivity index (χ1n) is 9.51. The molecule has 2 aromatic heterocycles. The van der Waals surface area contributed by atoms with Crippen molar-refractivity contribution in [1.82, 2.24) is 14.1 Å². The second-order valence-electron chi connectivity index (χ2n) is 6.91. The monoisotopic (exact) mass is 396 g/mol. The summed E-state index contributed by atoms with van der Waals surface area (Å²) in [6.45, 7) is 0.673. The van der Waals surface area contributed by atoms with E-state index in [4.69, 9.17) is 10.00 Å². The van der Waals surface area contributed by atoms with Crippen LogP contribution in [0.1, 0.15) is 22.4 Å². The molecule has 0 unspecified atom stereocenters. The van der Waals surface area contributed by atoms with Gasteiger partial charge in [0.05, 0.1) is 19.0 Å². The third-order valence-corrected chi connectivity index (χ3v) is 4.96. The van der Waals surface area contributed by atoms with Crippen molar-refractivity contribution in [2.45, 2.75) is 13.0 Å². The maximum absolute atomic E-state index is 12.0. The van der Waals surface area contributed by atoms with Crippen molar-refractivity contribution < 1.29 is 4.74 Å². The minimum Gasteiger partial charge on any atom is -0.495 e. The average molecular weight is 396 g/mol. The molecule has 6 nitrogen and oxygen atoms in total. The number of rotatable bonds is 6. The predicted octanol–water partition coefficient (Wildman–Crippen LogP) is 3.55. The van der Waals surface area contributed by atoms with Crippen LogP contribution in [0, 0.1) is 11.3 Å². The van der Waals surface area contributed by atoms with Crippen LogP contribution in [0.15, 0.2) is 84.2 Å². The van der Waals surface area contributed by atoms with Gasteiger partial charge in [-0.2, -0.15) is 5.26 Å². The molecule has 148 valence electrons. The van der Waals surface area contributed by atoms with E-state index in [-0.39, 0.29) is 5.56 Å². The van der Waals surface area contributed by atoms with Crippen LogP contribution in [0.25, 0.3) is 5.69 Å². The van der Waals surface area contributed by atoms with Crippen molar-refractivity contribution in [3.8, 4) is 17.5 Å². The number of nitriles is 1. The van der Waals surface area contributed by atoms with Gasteiger partial charge in [-0.1, -0.05) is 24.3 Å². The van der Waals surface area contributed by atoms with Crippen LogP contribution in [0.4, 0.5) is 0 Å². The standard InChI is InChI=1S/C24H20N4O2/c1-30-23-13-19(5-8-20(23)14-25)12-22-15-26-17-27(22)16-18-6-9-21(10-7-18)28-11-3-2-4-24(28)29/h2-11,13,15,17H,12,16H2,1H3. The summed E-state index contributed by atoms with van der Waals surface area (Å²) in [6, 6.07) is 20.8. The van der Waals surface area contributed by atoms with Gasteiger partial charge in [-0.3, -0.25) is 9.36 Å². The minimum atomic E-state index is -0.0556. The molecule has 0 radical (unpaired) electrons. The third-order valence-electron chi connectivity index (χ3n) is 4.96. The summed E-state index contributed by atoms with van der Waals surface area (Å²) in [6.07, 6.45) is 6.10. The fourth-order valence-corrected chi connectivity index (χ4v) is 3.38. The molecule has 4 aromatic rings. The lowest BCUT2D eigenvalue weighted by atomic mass is 10.1. The van der Waals surface area contributed by atoms with Crippen LogP contribution in [-0.2, 0) is 13.0 Å². The smallest absolute Gasteiger partial charge is 0.255 e. The summed E-state index contributed by atoms with van der Waals surface area (Å²) < 4.78 is 9.02. The molecule has 2 heterocycles. The normalized spacial score (nSPS) is 10.5. The van der Waals surface area contributed by atoms with Gasteiger partial charge in [-0.15, -0.1) is 0 Å². The molecule has 0 saturated carbocycles. The highest BCUT2D eigenvalue weighted by atomic mass is 16.5. The summed E-state index contributed by atoms with van der Waals surface area (Å²) in [4.78, 5) is 16.3. The Morgan fingerprint density at radius 3 is 2.60 bits per heavy atom. The lowest BCUT2D eigenvalue weighted by Crippen LogP contribution is -2.15. The fourth-order valence-electron chi connectivity index (χ4n) is 3.38. The lowest BCUT2D eigenvalue weighted by molar-refractivity contribution is 0.413. The first-order valence-corrected chi connectivity index (χ1v) is 9.51. The predicted molar refractivity (Wildman–Crippen MR) is 114 cm³/mol. The number of pyridine rings is 1. The highest BCUT2D eigenvalue weighted by molar-refractivity contribution is 5.46. The number of aromatic nitrogens is 3. The Bertz CT molecular complexity index is 1260. The minimum absolute atomic E-state index is 0.0556. The molecule has 6 heteroatoms.